The molecule has 2 aromatic rings. The zero-order chi connectivity index (χ0) is 17.1. The first-order chi connectivity index (χ1) is 12.3. The molecule has 0 unspecified atom stereocenters. The Bertz CT molecular complexity index is 704. The van der Waals surface area contributed by atoms with Crippen molar-refractivity contribution in [3.8, 4) is 0 Å². The highest BCUT2D eigenvalue weighted by atomic mass is 16.2. The van der Waals surface area contributed by atoms with Gasteiger partial charge in [-0.25, -0.2) is 0 Å². The van der Waals surface area contributed by atoms with Crippen LogP contribution >= 0.6 is 0 Å². The van der Waals surface area contributed by atoms with Gasteiger partial charge in [0.15, 0.2) is 0 Å². The van der Waals surface area contributed by atoms with Crippen LogP contribution in [-0.2, 0) is 17.8 Å². The smallest absolute Gasteiger partial charge is 0.228 e. The van der Waals surface area contributed by atoms with Crippen molar-refractivity contribution in [1.82, 2.24) is 14.8 Å². The lowest BCUT2D eigenvalue weighted by molar-refractivity contribution is -0.134. The van der Waals surface area contributed by atoms with Crippen LogP contribution in [0, 0.1) is 5.92 Å². The minimum atomic E-state index is 0.231. The minimum Gasteiger partial charge on any atom is -0.338 e. The molecule has 3 aliphatic heterocycles. The maximum Gasteiger partial charge on any atom is 0.228 e. The van der Waals surface area contributed by atoms with Crippen molar-refractivity contribution in [3.05, 3.63) is 66.0 Å². The molecule has 3 fully saturated rings. The molecule has 25 heavy (non-hydrogen) atoms. The van der Waals surface area contributed by atoms with Crippen LogP contribution in [0.1, 0.15) is 24.1 Å². The predicted octanol–water partition coefficient (Wildman–Crippen LogP) is 2.75. The molecule has 0 N–H and O–H groups in total. The van der Waals surface area contributed by atoms with Crippen LogP contribution in [0.4, 0.5) is 0 Å². The molecule has 5 rings (SSSR count). The van der Waals surface area contributed by atoms with Gasteiger partial charge in [-0.05, 0) is 36.5 Å². The topological polar surface area (TPSA) is 36.4 Å². The molecule has 0 saturated carbocycles. The normalized spacial score (nSPS) is 23.4. The number of hydrogen-bond acceptors (Lipinski definition) is 3. The van der Waals surface area contributed by atoms with Gasteiger partial charge in [0.1, 0.15) is 0 Å². The average Bonchev–Trinajstić information content (AvgIpc) is 2.94. The largest absolute Gasteiger partial charge is 0.338 e. The summed E-state index contributed by atoms with van der Waals surface area (Å²) in [5, 5.41) is 0. The van der Waals surface area contributed by atoms with Gasteiger partial charge in [0.2, 0.25) is 5.91 Å². The monoisotopic (exact) mass is 335 g/mol. The first kappa shape index (κ1) is 16.3. The Labute approximate surface area is 149 Å². The van der Waals surface area contributed by atoms with Crippen molar-refractivity contribution >= 4 is 5.91 Å². The highest BCUT2D eigenvalue weighted by Crippen LogP contribution is 2.29. The molecule has 2 bridgehead atoms. The average molecular weight is 335 g/mol. The van der Waals surface area contributed by atoms with Crippen LogP contribution in [0.2, 0.25) is 0 Å². The highest BCUT2D eigenvalue weighted by Gasteiger charge is 2.36. The second kappa shape index (κ2) is 7.36. The predicted molar refractivity (Wildman–Crippen MR) is 97.9 cm³/mol. The number of carbonyl (C=O) groups is 1. The number of pyridine rings is 1. The summed E-state index contributed by atoms with van der Waals surface area (Å²) in [6.07, 6.45) is 4.55. The van der Waals surface area contributed by atoms with Gasteiger partial charge in [0, 0.05) is 44.1 Å². The van der Waals surface area contributed by atoms with Gasteiger partial charge >= 0.3 is 0 Å². The summed E-state index contributed by atoms with van der Waals surface area (Å²) in [4.78, 5) is 21.8. The first-order valence-corrected chi connectivity index (χ1v) is 9.23. The Morgan fingerprint density at radius 3 is 2.64 bits per heavy atom. The summed E-state index contributed by atoms with van der Waals surface area (Å²) in [5.41, 5.74) is 2.23. The molecule has 0 spiro atoms. The third-order valence-electron chi connectivity index (χ3n) is 5.42. The van der Waals surface area contributed by atoms with E-state index in [0.717, 1.165) is 38.3 Å². The molecular formula is C21H25N3O. The van der Waals surface area contributed by atoms with E-state index in [2.05, 4.69) is 45.1 Å². The molecule has 3 aliphatic rings. The fourth-order valence-corrected chi connectivity index (χ4v) is 4.21. The summed E-state index contributed by atoms with van der Waals surface area (Å²) in [5.74, 6) is 0.824. The van der Waals surface area contributed by atoms with E-state index in [-0.39, 0.29) is 5.91 Å². The fourth-order valence-electron chi connectivity index (χ4n) is 4.21. The first-order valence-electron chi connectivity index (χ1n) is 9.23. The maximum absolute atomic E-state index is 12.8. The van der Waals surface area contributed by atoms with Gasteiger partial charge in [-0.2, -0.15) is 0 Å². The molecule has 130 valence electrons. The lowest BCUT2D eigenvalue weighted by atomic mass is 9.94. The van der Waals surface area contributed by atoms with Crippen molar-refractivity contribution in [2.45, 2.75) is 31.8 Å². The van der Waals surface area contributed by atoms with Gasteiger partial charge in [-0.15, -0.1) is 0 Å². The number of nitrogens with zero attached hydrogens (tertiary/aromatic N) is 3. The van der Waals surface area contributed by atoms with E-state index in [0.29, 0.717) is 18.4 Å². The van der Waals surface area contributed by atoms with Gasteiger partial charge in [0.25, 0.3) is 0 Å². The lowest BCUT2D eigenvalue weighted by Gasteiger charge is -2.36. The molecule has 0 radical (unpaired) electrons. The Hall–Kier alpha value is -2.20. The van der Waals surface area contributed by atoms with Crippen LogP contribution in [0.5, 0.6) is 0 Å². The Balaban J connectivity index is 1.43. The van der Waals surface area contributed by atoms with Crippen LogP contribution < -0.4 is 0 Å². The van der Waals surface area contributed by atoms with Crippen LogP contribution in [0.25, 0.3) is 0 Å². The van der Waals surface area contributed by atoms with Gasteiger partial charge in [0.05, 0.1) is 6.42 Å². The zero-order valence-corrected chi connectivity index (χ0v) is 14.6. The van der Waals surface area contributed by atoms with Crippen molar-refractivity contribution < 1.29 is 4.79 Å². The van der Waals surface area contributed by atoms with E-state index in [4.69, 9.17) is 0 Å². The van der Waals surface area contributed by atoms with E-state index < -0.39 is 0 Å². The Kier molecular flexibility index (Phi) is 4.79. The maximum atomic E-state index is 12.8. The Morgan fingerprint density at radius 1 is 1.00 bits per heavy atom. The molecule has 3 saturated heterocycles. The number of aromatic nitrogens is 1. The number of benzene rings is 1. The van der Waals surface area contributed by atoms with E-state index >= 15 is 0 Å². The number of piperidine rings is 1. The van der Waals surface area contributed by atoms with Gasteiger partial charge in [-0.1, -0.05) is 36.4 Å². The second-order valence-electron chi connectivity index (χ2n) is 7.32. The van der Waals surface area contributed by atoms with Gasteiger partial charge < -0.3 is 4.90 Å². The highest BCUT2D eigenvalue weighted by molar-refractivity contribution is 5.78. The summed E-state index contributed by atoms with van der Waals surface area (Å²) in [7, 11) is 0. The number of rotatable bonds is 4. The number of carbonyl (C=O) groups excluding carboxylic acids is 1. The number of amides is 1. The molecule has 4 heteroatoms. The molecule has 2 atom stereocenters. The van der Waals surface area contributed by atoms with E-state index in [1.165, 1.54) is 12.0 Å². The second-order valence-corrected chi connectivity index (χ2v) is 7.32. The third-order valence-corrected chi connectivity index (χ3v) is 5.42. The van der Waals surface area contributed by atoms with E-state index in [1.54, 1.807) is 6.20 Å². The summed E-state index contributed by atoms with van der Waals surface area (Å²) in [6, 6.07) is 16.8. The molecule has 1 amide bonds. The standard InChI is InChI=1S/C21H25N3O/c25-21(12-19-8-4-5-11-22-19)24-15-18-9-10-20(24)16-23(14-18)13-17-6-2-1-3-7-17/h1-8,11,18,20H,9-10,12-16H2/t18-,20+/m0/s1. The quantitative estimate of drug-likeness (QED) is 0.862. The molecule has 4 nitrogen and oxygen atoms in total. The van der Waals surface area contributed by atoms with Crippen molar-refractivity contribution in [2.75, 3.05) is 19.6 Å². The fraction of sp³-hybridized carbons (Fsp3) is 0.429. The molecule has 1 aromatic heterocycles. The number of fused-ring (bicyclic) bond motifs is 4. The molecule has 0 aliphatic carbocycles. The zero-order valence-electron chi connectivity index (χ0n) is 14.6. The van der Waals surface area contributed by atoms with Crippen LogP contribution in [0.15, 0.2) is 54.7 Å². The summed E-state index contributed by atoms with van der Waals surface area (Å²) < 4.78 is 0. The summed E-state index contributed by atoms with van der Waals surface area (Å²) in [6.45, 7) is 3.97. The minimum absolute atomic E-state index is 0.231. The van der Waals surface area contributed by atoms with Crippen molar-refractivity contribution in [3.63, 3.8) is 0 Å². The van der Waals surface area contributed by atoms with Crippen LogP contribution in [-0.4, -0.2) is 46.4 Å². The lowest BCUT2D eigenvalue weighted by Crippen LogP contribution is -2.48. The van der Waals surface area contributed by atoms with E-state index in [1.807, 2.05) is 18.2 Å². The van der Waals surface area contributed by atoms with Crippen molar-refractivity contribution in [1.29, 1.82) is 0 Å². The van der Waals surface area contributed by atoms with Crippen LogP contribution in [0.3, 0.4) is 0 Å². The molecule has 4 heterocycles. The van der Waals surface area contributed by atoms with Gasteiger partial charge in [-0.3, -0.25) is 14.7 Å². The van der Waals surface area contributed by atoms with E-state index in [9.17, 15) is 4.79 Å². The SMILES string of the molecule is O=C(Cc1ccccn1)N1C[C@H]2CC[C@@H]1CN(Cc1ccccc1)C2. The summed E-state index contributed by atoms with van der Waals surface area (Å²) >= 11 is 0. The molecule has 1 aromatic carbocycles. The molecular weight excluding hydrogens is 310 g/mol. The number of hydrogen-bond donors (Lipinski definition) is 0. The van der Waals surface area contributed by atoms with Crippen molar-refractivity contribution in [2.24, 2.45) is 5.92 Å². The third kappa shape index (κ3) is 3.90. The Morgan fingerprint density at radius 2 is 1.84 bits per heavy atom.